The molecule has 3 aromatic rings. The zero-order valence-electron chi connectivity index (χ0n) is 16.2. The minimum atomic E-state index is -3.38. The number of sulfonamides is 1. The molecule has 0 bridgehead atoms. The third-order valence-corrected chi connectivity index (χ3v) is 4.54. The summed E-state index contributed by atoms with van der Waals surface area (Å²) in [5, 5.41) is 5.90. The Labute approximate surface area is 169 Å². The Morgan fingerprint density at radius 3 is 2.52 bits per heavy atom. The van der Waals surface area contributed by atoms with E-state index in [9.17, 15) is 13.2 Å². The SMILES string of the molecule is CC(=O)Nc1cccc(-c2cc(Nc3ccc(C)c(NS(C)(=O)=O)c3)ncn2)c1. The van der Waals surface area contributed by atoms with Gasteiger partial charge in [-0.05, 0) is 36.8 Å². The molecule has 0 radical (unpaired) electrons. The number of nitrogens with one attached hydrogen (secondary N) is 3. The van der Waals surface area contributed by atoms with Gasteiger partial charge in [-0.25, -0.2) is 18.4 Å². The molecule has 1 amide bonds. The number of amides is 1. The molecule has 3 N–H and O–H groups in total. The van der Waals surface area contributed by atoms with Crippen LogP contribution in [0.5, 0.6) is 0 Å². The Balaban J connectivity index is 1.86. The minimum Gasteiger partial charge on any atom is -0.340 e. The first-order valence-electron chi connectivity index (χ1n) is 8.75. The number of aromatic nitrogens is 2. The summed E-state index contributed by atoms with van der Waals surface area (Å²) >= 11 is 0. The van der Waals surface area contributed by atoms with Gasteiger partial charge < -0.3 is 10.6 Å². The lowest BCUT2D eigenvalue weighted by Crippen LogP contribution is -2.10. The Bertz CT molecular complexity index is 1160. The number of anilines is 4. The van der Waals surface area contributed by atoms with Gasteiger partial charge in [-0.2, -0.15) is 0 Å². The van der Waals surface area contributed by atoms with E-state index in [1.54, 1.807) is 18.2 Å². The van der Waals surface area contributed by atoms with Gasteiger partial charge in [-0.1, -0.05) is 18.2 Å². The largest absolute Gasteiger partial charge is 0.340 e. The van der Waals surface area contributed by atoms with Gasteiger partial charge in [0.1, 0.15) is 12.1 Å². The second kappa shape index (κ2) is 8.27. The molecule has 2 aromatic carbocycles. The average molecular weight is 411 g/mol. The van der Waals surface area contributed by atoms with Gasteiger partial charge in [0.2, 0.25) is 15.9 Å². The predicted molar refractivity (Wildman–Crippen MR) is 115 cm³/mol. The van der Waals surface area contributed by atoms with E-state index in [-0.39, 0.29) is 5.91 Å². The average Bonchev–Trinajstić information content (AvgIpc) is 2.63. The van der Waals surface area contributed by atoms with Gasteiger partial charge >= 0.3 is 0 Å². The number of benzene rings is 2. The van der Waals surface area contributed by atoms with Crippen molar-refractivity contribution in [1.29, 1.82) is 0 Å². The van der Waals surface area contributed by atoms with Crippen LogP contribution in [-0.2, 0) is 14.8 Å². The maximum Gasteiger partial charge on any atom is 0.229 e. The smallest absolute Gasteiger partial charge is 0.229 e. The highest BCUT2D eigenvalue weighted by atomic mass is 32.2. The van der Waals surface area contributed by atoms with E-state index in [1.807, 2.05) is 37.3 Å². The molecule has 0 spiro atoms. The molecule has 150 valence electrons. The molecular weight excluding hydrogens is 390 g/mol. The van der Waals surface area contributed by atoms with E-state index >= 15 is 0 Å². The molecule has 1 aromatic heterocycles. The monoisotopic (exact) mass is 411 g/mol. The van der Waals surface area contributed by atoms with Crippen LogP contribution in [0.25, 0.3) is 11.3 Å². The maximum atomic E-state index is 11.5. The molecule has 0 aliphatic carbocycles. The summed E-state index contributed by atoms with van der Waals surface area (Å²) in [6.45, 7) is 3.27. The van der Waals surface area contributed by atoms with E-state index in [1.165, 1.54) is 13.3 Å². The summed E-state index contributed by atoms with van der Waals surface area (Å²) in [7, 11) is -3.38. The molecule has 0 fully saturated rings. The quantitative estimate of drug-likeness (QED) is 0.572. The zero-order valence-corrected chi connectivity index (χ0v) is 17.0. The van der Waals surface area contributed by atoms with E-state index in [0.29, 0.717) is 28.6 Å². The number of hydrogen-bond donors (Lipinski definition) is 3. The molecule has 0 saturated carbocycles. The fraction of sp³-hybridized carbons (Fsp3) is 0.150. The summed E-state index contributed by atoms with van der Waals surface area (Å²) in [5.41, 5.74) is 4.16. The Morgan fingerprint density at radius 2 is 1.79 bits per heavy atom. The lowest BCUT2D eigenvalue weighted by atomic mass is 10.1. The third-order valence-electron chi connectivity index (χ3n) is 3.95. The molecule has 9 heteroatoms. The van der Waals surface area contributed by atoms with E-state index in [2.05, 4.69) is 25.3 Å². The number of hydrogen-bond acceptors (Lipinski definition) is 6. The van der Waals surface area contributed by atoms with Crippen molar-refractivity contribution in [2.45, 2.75) is 13.8 Å². The van der Waals surface area contributed by atoms with Gasteiger partial charge in [0.25, 0.3) is 0 Å². The number of carbonyl (C=O) groups is 1. The Morgan fingerprint density at radius 1 is 1.00 bits per heavy atom. The van der Waals surface area contributed by atoms with Crippen LogP contribution < -0.4 is 15.4 Å². The highest BCUT2D eigenvalue weighted by molar-refractivity contribution is 7.92. The van der Waals surface area contributed by atoms with E-state index in [4.69, 9.17) is 0 Å². The van der Waals surface area contributed by atoms with Crippen molar-refractivity contribution in [1.82, 2.24) is 9.97 Å². The lowest BCUT2D eigenvalue weighted by Gasteiger charge is -2.12. The van der Waals surface area contributed by atoms with E-state index < -0.39 is 10.0 Å². The number of aryl methyl sites for hydroxylation is 1. The van der Waals surface area contributed by atoms with Crippen LogP contribution in [0.2, 0.25) is 0 Å². The fourth-order valence-electron chi connectivity index (χ4n) is 2.70. The lowest BCUT2D eigenvalue weighted by molar-refractivity contribution is -0.114. The normalized spacial score (nSPS) is 11.0. The summed E-state index contributed by atoms with van der Waals surface area (Å²) in [4.78, 5) is 19.8. The molecule has 3 rings (SSSR count). The first-order chi connectivity index (χ1) is 13.7. The van der Waals surface area contributed by atoms with Gasteiger partial charge in [0, 0.05) is 29.9 Å². The highest BCUT2D eigenvalue weighted by Gasteiger charge is 2.08. The second-order valence-corrected chi connectivity index (χ2v) is 8.33. The molecule has 0 saturated heterocycles. The first kappa shape index (κ1) is 20.3. The third kappa shape index (κ3) is 5.76. The summed E-state index contributed by atoms with van der Waals surface area (Å²) < 4.78 is 25.6. The summed E-state index contributed by atoms with van der Waals surface area (Å²) in [6, 6.07) is 14.5. The van der Waals surface area contributed by atoms with Crippen LogP contribution in [0, 0.1) is 6.92 Å². The standard InChI is InChI=1S/C20H21N5O3S/c1-13-7-8-17(10-18(13)25-29(3,27)28)24-20-11-19(21-12-22-20)15-5-4-6-16(9-15)23-14(2)26/h4-12,25H,1-3H3,(H,23,26)(H,21,22,24). The molecule has 0 aliphatic heterocycles. The van der Waals surface area contributed by atoms with Crippen LogP contribution in [0.15, 0.2) is 54.9 Å². The fourth-order valence-corrected chi connectivity index (χ4v) is 3.32. The van der Waals surface area contributed by atoms with Gasteiger partial charge in [-0.3, -0.25) is 9.52 Å². The Hall–Kier alpha value is -3.46. The van der Waals surface area contributed by atoms with Crippen molar-refractivity contribution in [3.63, 3.8) is 0 Å². The first-order valence-corrected chi connectivity index (χ1v) is 10.6. The number of nitrogens with zero attached hydrogens (tertiary/aromatic N) is 2. The topological polar surface area (TPSA) is 113 Å². The van der Waals surface area contributed by atoms with Crippen molar-refractivity contribution >= 4 is 38.8 Å². The van der Waals surface area contributed by atoms with Gasteiger partial charge in [-0.15, -0.1) is 0 Å². The van der Waals surface area contributed by atoms with Gasteiger partial charge in [0.15, 0.2) is 0 Å². The molecule has 29 heavy (non-hydrogen) atoms. The van der Waals surface area contributed by atoms with E-state index in [0.717, 1.165) is 17.4 Å². The summed E-state index contributed by atoms with van der Waals surface area (Å²) in [5.74, 6) is 0.402. The van der Waals surface area contributed by atoms with Crippen molar-refractivity contribution in [3.05, 3.63) is 60.4 Å². The van der Waals surface area contributed by atoms with Crippen LogP contribution in [-0.4, -0.2) is 30.5 Å². The van der Waals surface area contributed by atoms with Crippen LogP contribution in [0.3, 0.4) is 0 Å². The minimum absolute atomic E-state index is 0.148. The number of carbonyl (C=O) groups excluding carboxylic acids is 1. The van der Waals surface area contributed by atoms with Crippen LogP contribution in [0.1, 0.15) is 12.5 Å². The van der Waals surface area contributed by atoms with Crippen LogP contribution >= 0.6 is 0 Å². The predicted octanol–water partition coefficient (Wildman–Crippen LogP) is 3.53. The molecule has 0 aliphatic rings. The molecule has 0 atom stereocenters. The van der Waals surface area contributed by atoms with Crippen molar-refractivity contribution in [2.24, 2.45) is 0 Å². The van der Waals surface area contributed by atoms with Crippen LogP contribution in [0.4, 0.5) is 22.9 Å². The second-order valence-electron chi connectivity index (χ2n) is 6.58. The summed E-state index contributed by atoms with van der Waals surface area (Å²) in [6.07, 6.45) is 2.55. The number of rotatable bonds is 6. The maximum absolute atomic E-state index is 11.5. The van der Waals surface area contributed by atoms with Crippen molar-refractivity contribution in [2.75, 3.05) is 21.6 Å². The van der Waals surface area contributed by atoms with Gasteiger partial charge in [0.05, 0.1) is 17.6 Å². The molecule has 8 nitrogen and oxygen atoms in total. The molecule has 1 heterocycles. The van der Waals surface area contributed by atoms with Crippen molar-refractivity contribution < 1.29 is 13.2 Å². The highest BCUT2D eigenvalue weighted by Crippen LogP contribution is 2.26. The Kier molecular flexibility index (Phi) is 5.79. The molecule has 0 unspecified atom stereocenters. The zero-order chi connectivity index (χ0) is 21.0. The van der Waals surface area contributed by atoms with Crippen molar-refractivity contribution in [3.8, 4) is 11.3 Å². The molecular formula is C20H21N5O3S.